The number of halogens is 4. The Bertz CT molecular complexity index is 1290. The number of hydrogen-bond acceptors (Lipinski definition) is 4. The normalized spacial score (nSPS) is 11.0. The van der Waals surface area contributed by atoms with Crippen molar-refractivity contribution in [3.05, 3.63) is 79.8 Å². The number of rotatable bonds is 7. The number of hydrogen-bond donors (Lipinski definition) is 2. The molecule has 0 bridgehead atoms. The lowest BCUT2D eigenvalue weighted by atomic mass is 10.1. The highest BCUT2D eigenvalue weighted by Crippen LogP contribution is 2.30. The van der Waals surface area contributed by atoms with Crippen molar-refractivity contribution in [3.8, 4) is 11.3 Å². The number of nitrogens with one attached hydrogen (secondary N) is 2. The Morgan fingerprint density at radius 3 is 2.62 bits per heavy atom. The maximum Gasteiger partial charge on any atom is 0.224 e. The molecule has 0 aliphatic rings. The summed E-state index contributed by atoms with van der Waals surface area (Å²) in [5.74, 6) is 0.597. The van der Waals surface area contributed by atoms with Crippen LogP contribution >= 0.6 is 50.7 Å². The van der Waals surface area contributed by atoms with E-state index < -0.39 is 0 Å². The molecular formula is C22H17BrCl3N5O. The van der Waals surface area contributed by atoms with Crippen LogP contribution in [0.1, 0.15) is 5.56 Å². The minimum absolute atomic E-state index is 0.130. The van der Waals surface area contributed by atoms with Crippen molar-refractivity contribution in [2.24, 2.45) is 0 Å². The molecule has 0 spiro atoms. The molecule has 1 amide bonds. The number of aromatic nitrogens is 3. The number of anilines is 1. The Hall–Kier alpha value is -2.32. The van der Waals surface area contributed by atoms with Crippen LogP contribution in [0.2, 0.25) is 15.1 Å². The summed E-state index contributed by atoms with van der Waals surface area (Å²) < 4.78 is 2.46. The number of nitrogens with zero attached hydrogens (tertiary/aromatic N) is 3. The molecule has 2 N–H and O–H groups in total. The molecule has 2 heterocycles. The van der Waals surface area contributed by atoms with Gasteiger partial charge in [0.1, 0.15) is 5.82 Å². The van der Waals surface area contributed by atoms with Gasteiger partial charge in [-0.15, -0.1) is 0 Å². The van der Waals surface area contributed by atoms with E-state index in [0.29, 0.717) is 39.5 Å². The van der Waals surface area contributed by atoms with Gasteiger partial charge in [0, 0.05) is 39.8 Å². The van der Waals surface area contributed by atoms with Crippen LogP contribution < -0.4 is 10.6 Å². The van der Waals surface area contributed by atoms with Crippen LogP contribution in [0, 0.1) is 0 Å². The van der Waals surface area contributed by atoms with E-state index in [4.69, 9.17) is 34.8 Å². The Morgan fingerprint density at radius 1 is 1.03 bits per heavy atom. The Balaban J connectivity index is 1.44. The van der Waals surface area contributed by atoms with Crippen LogP contribution in [0.5, 0.6) is 0 Å². The summed E-state index contributed by atoms with van der Waals surface area (Å²) in [6.07, 6.45) is 1.86. The lowest BCUT2D eigenvalue weighted by Gasteiger charge is -2.12. The number of amides is 1. The second-order valence-electron chi connectivity index (χ2n) is 6.92. The summed E-state index contributed by atoms with van der Waals surface area (Å²) in [7, 11) is 0. The maximum atomic E-state index is 12.3. The SMILES string of the molecule is O=C(Cc1ccc(Cl)cc1Cl)NCCNc1cc(-c2ccccc2Cl)nc2c(Br)cnn12. The van der Waals surface area contributed by atoms with Crippen molar-refractivity contribution < 1.29 is 4.79 Å². The van der Waals surface area contributed by atoms with Gasteiger partial charge in [-0.05, 0) is 39.7 Å². The molecule has 6 nitrogen and oxygen atoms in total. The average molecular weight is 554 g/mol. The fraction of sp³-hybridized carbons (Fsp3) is 0.136. The van der Waals surface area contributed by atoms with E-state index in [9.17, 15) is 4.79 Å². The molecule has 0 saturated carbocycles. The first-order chi connectivity index (χ1) is 15.4. The third-order valence-corrected chi connectivity index (χ3v) is 6.17. The highest BCUT2D eigenvalue weighted by Gasteiger charge is 2.13. The maximum absolute atomic E-state index is 12.3. The fourth-order valence-electron chi connectivity index (χ4n) is 3.16. The first-order valence-electron chi connectivity index (χ1n) is 9.66. The van der Waals surface area contributed by atoms with Crippen LogP contribution in [-0.2, 0) is 11.2 Å². The average Bonchev–Trinajstić information content (AvgIpc) is 3.14. The molecule has 0 fully saturated rings. The third-order valence-electron chi connectivity index (χ3n) is 4.70. The van der Waals surface area contributed by atoms with E-state index in [1.807, 2.05) is 30.3 Å². The van der Waals surface area contributed by atoms with Crippen molar-refractivity contribution in [1.29, 1.82) is 0 Å². The lowest BCUT2D eigenvalue weighted by molar-refractivity contribution is -0.120. The molecule has 32 heavy (non-hydrogen) atoms. The standard InChI is InChI=1S/C22H17BrCl3N5O/c23-16-12-29-31-20(11-19(30-22(16)31)15-3-1-2-4-17(15)25)27-7-8-28-21(32)9-13-5-6-14(24)10-18(13)26/h1-6,10-12,27H,7-9H2,(H,28,32). The van der Waals surface area contributed by atoms with Crippen LogP contribution in [0.3, 0.4) is 0 Å². The summed E-state index contributed by atoms with van der Waals surface area (Å²) in [5, 5.41) is 12.2. The molecule has 0 radical (unpaired) electrons. The minimum Gasteiger partial charge on any atom is -0.368 e. The van der Waals surface area contributed by atoms with Crippen LogP contribution in [-0.4, -0.2) is 33.6 Å². The molecule has 0 saturated heterocycles. The predicted molar refractivity (Wildman–Crippen MR) is 133 cm³/mol. The third kappa shape index (κ3) is 5.18. The van der Waals surface area contributed by atoms with Crippen LogP contribution in [0.25, 0.3) is 16.9 Å². The molecule has 2 aromatic heterocycles. The van der Waals surface area contributed by atoms with Crippen molar-refractivity contribution in [1.82, 2.24) is 19.9 Å². The van der Waals surface area contributed by atoms with Gasteiger partial charge in [-0.25, -0.2) is 4.98 Å². The molecule has 10 heteroatoms. The second kappa shape index (κ2) is 10.1. The summed E-state index contributed by atoms with van der Waals surface area (Å²) in [4.78, 5) is 17.0. The molecule has 0 aliphatic carbocycles. The molecule has 4 aromatic rings. The Kier molecular flexibility index (Phi) is 7.20. The van der Waals surface area contributed by atoms with Gasteiger partial charge in [0.15, 0.2) is 5.65 Å². The van der Waals surface area contributed by atoms with Crippen molar-refractivity contribution >= 4 is 68.1 Å². The van der Waals surface area contributed by atoms with Gasteiger partial charge in [-0.2, -0.15) is 9.61 Å². The largest absolute Gasteiger partial charge is 0.368 e. The van der Waals surface area contributed by atoms with Gasteiger partial charge >= 0.3 is 0 Å². The van der Waals surface area contributed by atoms with Crippen molar-refractivity contribution in [2.45, 2.75) is 6.42 Å². The first kappa shape index (κ1) is 22.9. The number of carbonyl (C=O) groups is 1. The monoisotopic (exact) mass is 551 g/mol. The van der Waals surface area contributed by atoms with E-state index >= 15 is 0 Å². The molecule has 164 valence electrons. The summed E-state index contributed by atoms with van der Waals surface area (Å²) in [6.45, 7) is 0.899. The van der Waals surface area contributed by atoms with Crippen molar-refractivity contribution in [3.63, 3.8) is 0 Å². The number of benzene rings is 2. The van der Waals surface area contributed by atoms with E-state index in [1.54, 1.807) is 28.9 Å². The zero-order valence-electron chi connectivity index (χ0n) is 16.6. The second-order valence-corrected chi connectivity index (χ2v) is 9.03. The highest BCUT2D eigenvalue weighted by molar-refractivity contribution is 9.10. The number of fused-ring (bicyclic) bond motifs is 1. The molecule has 0 aliphatic heterocycles. The molecule has 0 unspecified atom stereocenters. The molecule has 4 rings (SSSR count). The summed E-state index contributed by atoms with van der Waals surface area (Å²) in [6, 6.07) is 14.5. The minimum atomic E-state index is -0.130. The fourth-order valence-corrected chi connectivity index (χ4v) is 4.22. The van der Waals surface area contributed by atoms with Gasteiger partial charge < -0.3 is 10.6 Å². The van der Waals surface area contributed by atoms with E-state index in [-0.39, 0.29) is 12.3 Å². The zero-order chi connectivity index (χ0) is 22.7. The van der Waals surface area contributed by atoms with Crippen LogP contribution in [0.15, 0.2) is 59.2 Å². The summed E-state index contributed by atoms with van der Waals surface area (Å²) in [5.41, 5.74) is 2.92. The van der Waals surface area contributed by atoms with E-state index in [2.05, 4.69) is 36.6 Å². The Labute approximate surface area is 208 Å². The Morgan fingerprint density at radius 2 is 1.84 bits per heavy atom. The lowest BCUT2D eigenvalue weighted by Crippen LogP contribution is -2.30. The predicted octanol–water partition coefficient (Wildman–Crippen LogP) is 5.89. The quantitative estimate of drug-likeness (QED) is 0.280. The van der Waals surface area contributed by atoms with Gasteiger partial charge in [-0.1, -0.05) is 59.1 Å². The topological polar surface area (TPSA) is 71.3 Å². The number of carbonyl (C=O) groups excluding carboxylic acids is 1. The molecular weight excluding hydrogens is 537 g/mol. The highest BCUT2D eigenvalue weighted by atomic mass is 79.9. The zero-order valence-corrected chi connectivity index (χ0v) is 20.4. The molecule has 0 atom stereocenters. The molecule has 2 aromatic carbocycles. The van der Waals surface area contributed by atoms with Crippen LogP contribution in [0.4, 0.5) is 5.82 Å². The summed E-state index contributed by atoms with van der Waals surface area (Å²) >= 11 is 21.9. The first-order valence-corrected chi connectivity index (χ1v) is 11.6. The van der Waals surface area contributed by atoms with Gasteiger partial charge in [0.2, 0.25) is 5.91 Å². The van der Waals surface area contributed by atoms with Gasteiger partial charge in [-0.3, -0.25) is 4.79 Å². The van der Waals surface area contributed by atoms with Crippen molar-refractivity contribution in [2.75, 3.05) is 18.4 Å². The van der Waals surface area contributed by atoms with E-state index in [0.717, 1.165) is 21.4 Å². The smallest absolute Gasteiger partial charge is 0.224 e. The van der Waals surface area contributed by atoms with E-state index in [1.165, 1.54) is 0 Å². The van der Waals surface area contributed by atoms with Gasteiger partial charge in [0.25, 0.3) is 0 Å². The van der Waals surface area contributed by atoms with Gasteiger partial charge in [0.05, 0.1) is 22.8 Å².